The Kier molecular flexibility index (Phi) is 3.47. The van der Waals surface area contributed by atoms with Gasteiger partial charge in [-0.25, -0.2) is 0 Å². The Morgan fingerprint density at radius 1 is 1.67 bits per heavy atom. The minimum absolute atomic E-state index is 0.0822. The molecule has 15 heavy (non-hydrogen) atoms. The number of amides is 1. The summed E-state index contributed by atoms with van der Waals surface area (Å²) in [4.78, 5) is 11.5. The number of hydrogen-bond acceptors (Lipinski definition) is 4. The smallest absolute Gasteiger partial charge is 0.227 e. The lowest BCUT2D eigenvalue weighted by molar-refractivity contribution is -0.117. The molecule has 0 aliphatic rings. The van der Waals surface area contributed by atoms with Gasteiger partial charge in [0.05, 0.1) is 0 Å². The number of carbonyl (C=O) groups is 1. The number of hydrogen-bond donors (Lipinski definition) is 2. The van der Waals surface area contributed by atoms with Gasteiger partial charge in [0.25, 0.3) is 0 Å². The molecule has 0 aliphatic heterocycles. The first kappa shape index (κ1) is 11.7. The largest absolute Gasteiger partial charge is 0.363 e. The summed E-state index contributed by atoms with van der Waals surface area (Å²) in [5.74, 6) is 0.271. The minimum atomic E-state index is -0.176. The molecule has 0 fully saturated rings. The van der Waals surface area contributed by atoms with Crippen LogP contribution < -0.4 is 11.1 Å². The van der Waals surface area contributed by atoms with Gasteiger partial charge in [-0.15, -0.1) is 0 Å². The molecule has 1 aromatic rings. The second-order valence-corrected chi connectivity index (χ2v) is 4.61. The predicted octanol–water partition coefficient (Wildman–Crippen LogP) is 1.38. The molecule has 1 atom stereocenters. The van der Waals surface area contributed by atoms with Crippen molar-refractivity contribution in [2.24, 2.45) is 11.1 Å². The predicted molar refractivity (Wildman–Crippen MR) is 57.2 cm³/mol. The molecule has 1 rings (SSSR count). The van der Waals surface area contributed by atoms with Crippen LogP contribution in [-0.4, -0.2) is 17.1 Å². The van der Waals surface area contributed by atoms with E-state index in [2.05, 4.69) is 15.0 Å². The Bertz CT molecular complexity index is 314. The lowest BCUT2D eigenvalue weighted by Gasteiger charge is -2.26. The highest BCUT2D eigenvalue weighted by atomic mass is 16.5. The molecule has 0 spiro atoms. The van der Waals surface area contributed by atoms with Gasteiger partial charge >= 0.3 is 0 Å². The maximum absolute atomic E-state index is 11.5. The van der Waals surface area contributed by atoms with E-state index in [1.807, 2.05) is 20.8 Å². The minimum Gasteiger partial charge on any atom is -0.363 e. The monoisotopic (exact) mass is 211 g/mol. The summed E-state index contributed by atoms with van der Waals surface area (Å²) >= 11 is 0. The highest BCUT2D eigenvalue weighted by Gasteiger charge is 2.23. The molecule has 1 aromatic heterocycles. The van der Waals surface area contributed by atoms with Crippen LogP contribution in [0.4, 0.5) is 5.82 Å². The molecule has 0 saturated carbocycles. The third-order valence-corrected chi connectivity index (χ3v) is 2.22. The zero-order valence-corrected chi connectivity index (χ0v) is 9.28. The second kappa shape index (κ2) is 4.44. The first-order valence-corrected chi connectivity index (χ1v) is 4.85. The van der Waals surface area contributed by atoms with Gasteiger partial charge in [-0.3, -0.25) is 4.79 Å². The fraction of sp³-hybridized carbons (Fsp3) is 0.600. The van der Waals surface area contributed by atoms with E-state index < -0.39 is 0 Å². The van der Waals surface area contributed by atoms with Crippen molar-refractivity contribution in [1.82, 2.24) is 5.16 Å². The first-order chi connectivity index (χ1) is 6.89. The van der Waals surface area contributed by atoms with E-state index in [9.17, 15) is 4.79 Å². The molecule has 0 bridgehead atoms. The van der Waals surface area contributed by atoms with E-state index in [1.165, 1.54) is 6.26 Å². The zero-order valence-electron chi connectivity index (χ0n) is 9.28. The molecule has 1 amide bonds. The van der Waals surface area contributed by atoms with Gasteiger partial charge in [-0.2, -0.15) is 0 Å². The van der Waals surface area contributed by atoms with Crippen molar-refractivity contribution >= 4 is 11.7 Å². The van der Waals surface area contributed by atoms with Crippen LogP contribution in [0.15, 0.2) is 16.9 Å². The third-order valence-electron chi connectivity index (χ3n) is 2.22. The van der Waals surface area contributed by atoms with Crippen molar-refractivity contribution in [3.8, 4) is 0 Å². The number of nitrogens with two attached hydrogens (primary N) is 1. The van der Waals surface area contributed by atoms with E-state index in [-0.39, 0.29) is 23.8 Å². The Labute approximate surface area is 89.0 Å². The third kappa shape index (κ3) is 3.71. The SMILES string of the molecule is CC(C)(C)C(N)CC(=O)Nc1ccon1. The van der Waals surface area contributed by atoms with Crippen molar-refractivity contribution in [2.45, 2.75) is 33.2 Å². The second-order valence-electron chi connectivity index (χ2n) is 4.61. The maximum atomic E-state index is 11.5. The van der Waals surface area contributed by atoms with Crippen LogP contribution in [0.5, 0.6) is 0 Å². The summed E-state index contributed by atoms with van der Waals surface area (Å²) in [5, 5.41) is 6.18. The van der Waals surface area contributed by atoms with Crippen LogP contribution in [0.25, 0.3) is 0 Å². The summed E-state index contributed by atoms with van der Waals surface area (Å²) in [6.45, 7) is 6.00. The molecule has 0 aliphatic carbocycles. The standard InChI is InChI=1S/C10H17N3O2/c1-10(2,3)7(11)6-9(14)12-8-4-5-15-13-8/h4-5,7H,6,11H2,1-3H3,(H,12,13,14). The summed E-state index contributed by atoms with van der Waals surface area (Å²) in [7, 11) is 0. The van der Waals surface area contributed by atoms with E-state index in [4.69, 9.17) is 5.73 Å². The van der Waals surface area contributed by atoms with E-state index in [0.29, 0.717) is 5.82 Å². The molecule has 0 saturated heterocycles. The summed E-state index contributed by atoms with van der Waals surface area (Å²) in [5.41, 5.74) is 5.79. The zero-order chi connectivity index (χ0) is 11.5. The Morgan fingerprint density at radius 2 is 2.33 bits per heavy atom. The topological polar surface area (TPSA) is 81.2 Å². The molecule has 0 aromatic carbocycles. The number of nitrogens with zero attached hydrogens (tertiary/aromatic N) is 1. The van der Waals surface area contributed by atoms with Crippen molar-refractivity contribution in [3.63, 3.8) is 0 Å². The molecule has 1 unspecified atom stereocenters. The van der Waals surface area contributed by atoms with Gasteiger partial charge in [0.1, 0.15) is 6.26 Å². The maximum Gasteiger partial charge on any atom is 0.227 e. The fourth-order valence-corrected chi connectivity index (χ4v) is 0.977. The highest BCUT2D eigenvalue weighted by Crippen LogP contribution is 2.19. The van der Waals surface area contributed by atoms with Crippen LogP contribution in [0, 0.1) is 5.41 Å². The average Bonchev–Trinajstić information content (AvgIpc) is 2.54. The number of aromatic nitrogens is 1. The molecule has 3 N–H and O–H groups in total. The molecule has 1 heterocycles. The number of carbonyl (C=O) groups excluding carboxylic acids is 1. The summed E-state index contributed by atoms with van der Waals surface area (Å²) < 4.78 is 4.59. The van der Waals surface area contributed by atoms with E-state index in [1.54, 1.807) is 6.07 Å². The molecule has 5 heteroatoms. The highest BCUT2D eigenvalue weighted by molar-refractivity contribution is 5.90. The van der Waals surface area contributed by atoms with E-state index >= 15 is 0 Å². The Hall–Kier alpha value is -1.36. The quantitative estimate of drug-likeness (QED) is 0.791. The lowest BCUT2D eigenvalue weighted by Crippen LogP contribution is -2.38. The van der Waals surface area contributed by atoms with Gasteiger partial charge in [-0.05, 0) is 5.41 Å². The molecular weight excluding hydrogens is 194 g/mol. The molecule has 84 valence electrons. The summed E-state index contributed by atoms with van der Waals surface area (Å²) in [6, 6.07) is 1.41. The number of rotatable bonds is 3. The van der Waals surface area contributed by atoms with Crippen molar-refractivity contribution in [2.75, 3.05) is 5.32 Å². The van der Waals surface area contributed by atoms with Crippen molar-refractivity contribution < 1.29 is 9.32 Å². The lowest BCUT2D eigenvalue weighted by atomic mass is 9.85. The van der Waals surface area contributed by atoms with Gasteiger partial charge in [0.2, 0.25) is 5.91 Å². The molecule has 5 nitrogen and oxygen atoms in total. The normalized spacial score (nSPS) is 13.6. The van der Waals surface area contributed by atoms with Gasteiger partial charge < -0.3 is 15.6 Å². The van der Waals surface area contributed by atoms with Gasteiger partial charge in [0.15, 0.2) is 5.82 Å². The van der Waals surface area contributed by atoms with E-state index in [0.717, 1.165) is 0 Å². The van der Waals surface area contributed by atoms with Crippen molar-refractivity contribution in [1.29, 1.82) is 0 Å². The fourth-order valence-electron chi connectivity index (χ4n) is 0.977. The van der Waals surface area contributed by atoms with Crippen LogP contribution in [-0.2, 0) is 4.79 Å². The average molecular weight is 211 g/mol. The van der Waals surface area contributed by atoms with Crippen LogP contribution in [0.2, 0.25) is 0 Å². The Morgan fingerprint density at radius 3 is 2.80 bits per heavy atom. The van der Waals surface area contributed by atoms with Crippen LogP contribution in [0.1, 0.15) is 27.2 Å². The first-order valence-electron chi connectivity index (χ1n) is 4.85. The number of anilines is 1. The number of nitrogens with one attached hydrogen (secondary N) is 1. The molecular formula is C10H17N3O2. The van der Waals surface area contributed by atoms with Gasteiger partial charge in [-0.1, -0.05) is 25.9 Å². The van der Waals surface area contributed by atoms with Crippen LogP contribution in [0.3, 0.4) is 0 Å². The van der Waals surface area contributed by atoms with Crippen LogP contribution >= 0.6 is 0 Å². The molecule has 0 radical (unpaired) electrons. The Balaban J connectivity index is 2.43. The summed E-state index contributed by atoms with van der Waals surface area (Å²) in [6.07, 6.45) is 1.68. The van der Waals surface area contributed by atoms with Crippen molar-refractivity contribution in [3.05, 3.63) is 12.3 Å². The van der Waals surface area contributed by atoms with Gasteiger partial charge in [0, 0.05) is 18.5 Å².